The molecule has 104 valence electrons. The van der Waals surface area contributed by atoms with Crippen LogP contribution in [-0.2, 0) is 16.1 Å². The van der Waals surface area contributed by atoms with Crippen molar-refractivity contribution < 1.29 is 14.0 Å². The van der Waals surface area contributed by atoms with Gasteiger partial charge < -0.3 is 14.5 Å². The van der Waals surface area contributed by atoms with E-state index in [-0.39, 0.29) is 18.0 Å². The topological polar surface area (TPSA) is 62.6 Å². The van der Waals surface area contributed by atoms with Gasteiger partial charge >= 0.3 is 0 Å². The number of hydrogen-bond acceptors (Lipinski definition) is 4. The Bertz CT molecular complexity index is 416. The zero-order chi connectivity index (χ0) is 13.7. The Kier molecular flexibility index (Phi) is 4.74. The van der Waals surface area contributed by atoms with Gasteiger partial charge in [0.15, 0.2) is 0 Å². The van der Waals surface area contributed by atoms with E-state index in [1.54, 1.807) is 12.3 Å². The zero-order valence-electron chi connectivity index (χ0n) is 11.2. The van der Waals surface area contributed by atoms with Gasteiger partial charge in [-0.25, -0.2) is 0 Å². The summed E-state index contributed by atoms with van der Waals surface area (Å²) in [5.74, 6) is 0.663. The van der Waals surface area contributed by atoms with Crippen molar-refractivity contribution in [3.05, 3.63) is 24.2 Å². The van der Waals surface area contributed by atoms with Crippen LogP contribution in [0.1, 0.15) is 31.9 Å². The van der Waals surface area contributed by atoms with E-state index >= 15 is 0 Å². The number of amides is 1. The molecular formula is C14H20N2O3. The number of aldehydes is 1. The normalized spacial score (nSPS) is 21.8. The van der Waals surface area contributed by atoms with Crippen LogP contribution in [0.4, 0.5) is 0 Å². The molecule has 5 nitrogen and oxygen atoms in total. The van der Waals surface area contributed by atoms with Crippen molar-refractivity contribution in [2.75, 3.05) is 6.54 Å². The number of piperidine rings is 1. The molecule has 0 saturated carbocycles. The summed E-state index contributed by atoms with van der Waals surface area (Å²) in [4.78, 5) is 25.1. The lowest BCUT2D eigenvalue weighted by molar-refractivity contribution is -0.129. The lowest BCUT2D eigenvalue weighted by Gasteiger charge is -2.36. The molecule has 2 heterocycles. The SMILES string of the molecule is CC(C(=O)NCc1ccco1)N1CCCCC1C=O. The van der Waals surface area contributed by atoms with Crippen molar-refractivity contribution in [2.45, 2.75) is 44.8 Å². The lowest BCUT2D eigenvalue weighted by atomic mass is 10.0. The molecular weight excluding hydrogens is 244 g/mol. The summed E-state index contributed by atoms with van der Waals surface area (Å²) in [6.07, 6.45) is 5.48. The number of carbonyl (C=O) groups is 2. The minimum Gasteiger partial charge on any atom is -0.467 e. The number of carbonyl (C=O) groups excluding carboxylic acids is 2. The highest BCUT2D eigenvalue weighted by atomic mass is 16.3. The van der Waals surface area contributed by atoms with E-state index in [0.717, 1.165) is 37.9 Å². The fourth-order valence-corrected chi connectivity index (χ4v) is 2.49. The van der Waals surface area contributed by atoms with Gasteiger partial charge in [-0.3, -0.25) is 9.69 Å². The minimum absolute atomic E-state index is 0.0647. The molecule has 0 radical (unpaired) electrons. The van der Waals surface area contributed by atoms with Crippen LogP contribution < -0.4 is 5.32 Å². The maximum Gasteiger partial charge on any atom is 0.237 e. The van der Waals surface area contributed by atoms with E-state index in [2.05, 4.69) is 5.32 Å². The quantitative estimate of drug-likeness (QED) is 0.815. The average Bonchev–Trinajstić information content (AvgIpc) is 2.97. The van der Waals surface area contributed by atoms with Crippen molar-refractivity contribution in [1.29, 1.82) is 0 Å². The van der Waals surface area contributed by atoms with Crippen LogP contribution in [-0.4, -0.2) is 35.7 Å². The van der Waals surface area contributed by atoms with E-state index < -0.39 is 0 Å². The van der Waals surface area contributed by atoms with Gasteiger partial charge in [-0.1, -0.05) is 6.42 Å². The smallest absolute Gasteiger partial charge is 0.237 e. The molecule has 0 aromatic carbocycles. The van der Waals surface area contributed by atoms with Gasteiger partial charge in [-0.2, -0.15) is 0 Å². The largest absolute Gasteiger partial charge is 0.467 e. The highest BCUT2D eigenvalue weighted by Crippen LogP contribution is 2.18. The Balaban J connectivity index is 1.88. The molecule has 5 heteroatoms. The standard InChI is InChI=1S/C14H20N2O3/c1-11(16-7-3-2-5-12(16)10-17)14(18)15-9-13-6-4-8-19-13/h4,6,8,10-12H,2-3,5,7,9H2,1H3,(H,15,18). The van der Waals surface area contributed by atoms with Crippen molar-refractivity contribution in [1.82, 2.24) is 10.2 Å². The summed E-state index contributed by atoms with van der Waals surface area (Å²) in [7, 11) is 0. The first-order chi connectivity index (χ1) is 9.22. The molecule has 19 heavy (non-hydrogen) atoms. The molecule has 1 aliphatic rings. The van der Waals surface area contributed by atoms with E-state index in [9.17, 15) is 9.59 Å². The molecule has 2 rings (SSSR count). The minimum atomic E-state index is -0.287. The van der Waals surface area contributed by atoms with Crippen LogP contribution in [0.5, 0.6) is 0 Å². The van der Waals surface area contributed by atoms with E-state index in [1.165, 1.54) is 0 Å². The maximum absolute atomic E-state index is 12.1. The molecule has 2 unspecified atom stereocenters. The Morgan fingerprint density at radius 2 is 2.47 bits per heavy atom. The number of likely N-dealkylation sites (tertiary alicyclic amines) is 1. The summed E-state index contributed by atoms with van der Waals surface area (Å²) in [5.41, 5.74) is 0. The molecule has 1 saturated heterocycles. The van der Waals surface area contributed by atoms with Gasteiger partial charge in [-0.05, 0) is 38.4 Å². The van der Waals surface area contributed by atoms with Crippen LogP contribution >= 0.6 is 0 Å². The molecule has 1 aromatic heterocycles. The summed E-state index contributed by atoms with van der Waals surface area (Å²) in [5, 5.41) is 2.84. The summed E-state index contributed by atoms with van der Waals surface area (Å²) in [6.45, 7) is 3.04. The second-order valence-corrected chi connectivity index (χ2v) is 4.91. The van der Waals surface area contributed by atoms with E-state index in [4.69, 9.17) is 4.42 Å². The Morgan fingerprint density at radius 3 is 3.16 bits per heavy atom. The van der Waals surface area contributed by atoms with Crippen LogP contribution in [0.15, 0.2) is 22.8 Å². The van der Waals surface area contributed by atoms with Crippen LogP contribution in [0.2, 0.25) is 0 Å². The van der Waals surface area contributed by atoms with Gasteiger partial charge in [0.25, 0.3) is 0 Å². The van der Waals surface area contributed by atoms with Gasteiger partial charge in [-0.15, -0.1) is 0 Å². The van der Waals surface area contributed by atoms with Crippen LogP contribution in [0, 0.1) is 0 Å². The Labute approximate surface area is 113 Å². The monoisotopic (exact) mass is 264 g/mol. The maximum atomic E-state index is 12.1. The Morgan fingerprint density at radius 1 is 1.63 bits per heavy atom. The highest BCUT2D eigenvalue weighted by Gasteiger charge is 2.29. The molecule has 0 spiro atoms. The Hall–Kier alpha value is -1.62. The first-order valence-corrected chi connectivity index (χ1v) is 6.73. The summed E-state index contributed by atoms with van der Waals surface area (Å²) < 4.78 is 5.17. The molecule has 1 fully saturated rings. The van der Waals surface area contributed by atoms with Crippen LogP contribution in [0.25, 0.3) is 0 Å². The fraction of sp³-hybridized carbons (Fsp3) is 0.571. The zero-order valence-corrected chi connectivity index (χ0v) is 11.2. The predicted octanol–water partition coefficient (Wildman–Crippen LogP) is 1.34. The van der Waals surface area contributed by atoms with Crippen molar-refractivity contribution in [3.63, 3.8) is 0 Å². The van der Waals surface area contributed by atoms with Crippen molar-refractivity contribution >= 4 is 12.2 Å². The third kappa shape index (κ3) is 3.44. The van der Waals surface area contributed by atoms with E-state index in [1.807, 2.05) is 17.9 Å². The third-order valence-corrected chi connectivity index (χ3v) is 3.64. The molecule has 1 aliphatic heterocycles. The first-order valence-electron chi connectivity index (χ1n) is 6.73. The van der Waals surface area contributed by atoms with Crippen LogP contribution in [0.3, 0.4) is 0 Å². The third-order valence-electron chi connectivity index (χ3n) is 3.64. The molecule has 0 aliphatic carbocycles. The van der Waals surface area contributed by atoms with Gasteiger partial charge in [0.2, 0.25) is 5.91 Å². The lowest BCUT2D eigenvalue weighted by Crippen LogP contribution is -2.52. The van der Waals surface area contributed by atoms with Gasteiger partial charge in [0.1, 0.15) is 12.0 Å². The average molecular weight is 264 g/mol. The fourth-order valence-electron chi connectivity index (χ4n) is 2.49. The number of hydrogen-bond donors (Lipinski definition) is 1. The summed E-state index contributed by atoms with van der Waals surface area (Å²) >= 11 is 0. The number of nitrogens with zero attached hydrogens (tertiary/aromatic N) is 1. The molecule has 1 aromatic rings. The highest BCUT2D eigenvalue weighted by molar-refractivity contribution is 5.81. The second kappa shape index (κ2) is 6.52. The molecule has 2 atom stereocenters. The first kappa shape index (κ1) is 13.8. The van der Waals surface area contributed by atoms with Gasteiger partial charge in [0.05, 0.1) is 24.9 Å². The number of furan rings is 1. The number of rotatable bonds is 5. The second-order valence-electron chi connectivity index (χ2n) is 4.91. The molecule has 1 amide bonds. The van der Waals surface area contributed by atoms with Crippen molar-refractivity contribution in [2.24, 2.45) is 0 Å². The van der Waals surface area contributed by atoms with Gasteiger partial charge in [0, 0.05) is 0 Å². The predicted molar refractivity (Wildman–Crippen MR) is 70.4 cm³/mol. The van der Waals surface area contributed by atoms with Crippen molar-refractivity contribution in [3.8, 4) is 0 Å². The summed E-state index contributed by atoms with van der Waals surface area (Å²) in [6, 6.07) is 3.20. The van der Waals surface area contributed by atoms with E-state index in [0.29, 0.717) is 6.54 Å². The molecule has 0 bridgehead atoms. The number of nitrogens with one attached hydrogen (secondary N) is 1. The molecule has 1 N–H and O–H groups in total.